The minimum absolute atomic E-state index is 0.160. The lowest BCUT2D eigenvalue weighted by atomic mass is 9.80. The van der Waals surface area contributed by atoms with E-state index in [1.165, 1.54) is 0 Å². The fraction of sp³-hybridized carbons (Fsp3) is 0.769. The zero-order chi connectivity index (χ0) is 13.4. The number of rotatable bonds is 3. The molecule has 5 heteroatoms. The predicted octanol–water partition coefficient (Wildman–Crippen LogP) is 2.32. The minimum atomic E-state index is 0.160. The monoisotopic (exact) mass is 268 g/mol. The average molecular weight is 268 g/mol. The van der Waals surface area contributed by atoms with Crippen molar-refractivity contribution < 1.29 is 0 Å². The number of hydrogen-bond donors (Lipinski definition) is 3. The first-order valence-electron chi connectivity index (χ1n) is 6.50. The van der Waals surface area contributed by atoms with Gasteiger partial charge in [0.25, 0.3) is 0 Å². The molecule has 0 aromatic carbocycles. The number of thiazole rings is 1. The number of hydrogen-bond acceptors (Lipinski definition) is 5. The van der Waals surface area contributed by atoms with E-state index in [4.69, 9.17) is 5.73 Å². The van der Waals surface area contributed by atoms with Crippen LogP contribution in [-0.2, 0) is 6.54 Å². The molecule has 1 aromatic rings. The van der Waals surface area contributed by atoms with Gasteiger partial charge >= 0.3 is 0 Å². The maximum Gasteiger partial charge on any atom is 0.183 e. The van der Waals surface area contributed by atoms with Gasteiger partial charge in [-0.25, -0.2) is 4.98 Å². The molecule has 0 amide bonds. The van der Waals surface area contributed by atoms with Gasteiger partial charge in [-0.1, -0.05) is 0 Å². The third kappa shape index (κ3) is 3.43. The standard InChI is InChI=1S/C13H24N4S/c1-12(2)5-9(6-13(3,4)17-12)15-11-16-10(7-14)8-18-11/h8-9,17H,5-7,14H2,1-4H3,(H,15,16). The van der Waals surface area contributed by atoms with Crippen molar-refractivity contribution >= 4 is 16.5 Å². The Bertz CT molecular complexity index is 395. The quantitative estimate of drug-likeness (QED) is 0.787. The van der Waals surface area contributed by atoms with Gasteiger partial charge in [-0.3, -0.25) is 0 Å². The lowest BCUT2D eigenvalue weighted by molar-refractivity contribution is 0.170. The average Bonchev–Trinajstić information content (AvgIpc) is 2.60. The Morgan fingerprint density at radius 2 is 2.00 bits per heavy atom. The summed E-state index contributed by atoms with van der Waals surface area (Å²) in [5.74, 6) is 0. The zero-order valence-corrected chi connectivity index (χ0v) is 12.5. The third-order valence-electron chi connectivity index (χ3n) is 3.28. The van der Waals surface area contributed by atoms with Gasteiger partial charge in [0.1, 0.15) is 0 Å². The molecule has 4 nitrogen and oxygen atoms in total. The van der Waals surface area contributed by atoms with Gasteiger partial charge < -0.3 is 16.4 Å². The second-order valence-corrected chi connectivity index (χ2v) is 7.35. The van der Waals surface area contributed by atoms with Crippen molar-refractivity contribution in [2.75, 3.05) is 5.32 Å². The highest BCUT2D eigenvalue weighted by Crippen LogP contribution is 2.31. The Labute approximate surface area is 113 Å². The summed E-state index contributed by atoms with van der Waals surface area (Å²) in [6, 6.07) is 0.466. The molecular formula is C13H24N4S. The number of aromatic nitrogens is 1. The molecule has 0 bridgehead atoms. The second-order valence-electron chi connectivity index (χ2n) is 6.49. The van der Waals surface area contributed by atoms with Crippen molar-refractivity contribution in [1.29, 1.82) is 0 Å². The van der Waals surface area contributed by atoms with Gasteiger partial charge in [0.15, 0.2) is 5.13 Å². The van der Waals surface area contributed by atoms with Crippen molar-refractivity contribution in [3.8, 4) is 0 Å². The fourth-order valence-electron chi connectivity index (χ4n) is 3.07. The van der Waals surface area contributed by atoms with Crippen molar-refractivity contribution in [2.45, 2.75) is 64.2 Å². The Morgan fingerprint density at radius 3 is 2.50 bits per heavy atom. The summed E-state index contributed by atoms with van der Waals surface area (Å²) in [5, 5.41) is 10.3. The van der Waals surface area contributed by atoms with Crippen LogP contribution in [0.4, 0.5) is 5.13 Å². The van der Waals surface area contributed by atoms with Gasteiger partial charge in [0, 0.05) is 29.0 Å². The molecule has 4 N–H and O–H groups in total. The van der Waals surface area contributed by atoms with Crippen molar-refractivity contribution in [3.63, 3.8) is 0 Å². The molecule has 2 heterocycles. The van der Waals surface area contributed by atoms with E-state index in [9.17, 15) is 0 Å². The Balaban J connectivity index is 2.04. The summed E-state index contributed by atoms with van der Waals surface area (Å²) in [7, 11) is 0. The van der Waals surface area contributed by atoms with Gasteiger partial charge in [-0.05, 0) is 40.5 Å². The molecule has 1 saturated heterocycles. The van der Waals surface area contributed by atoms with Crippen LogP contribution in [0, 0.1) is 0 Å². The van der Waals surface area contributed by atoms with Crippen LogP contribution in [0.1, 0.15) is 46.2 Å². The maximum atomic E-state index is 5.59. The topological polar surface area (TPSA) is 63.0 Å². The van der Waals surface area contributed by atoms with E-state index in [-0.39, 0.29) is 11.1 Å². The highest BCUT2D eigenvalue weighted by atomic mass is 32.1. The molecular weight excluding hydrogens is 244 g/mol. The van der Waals surface area contributed by atoms with Crippen molar-refractivity contribution in [1.82, 2.24) is 10.3 Å². The number of nitrogens with two attached hydrogens (primary N) is 1. The number of anilines is 1. The molecule has 102 valence electrons. The number of nitrogens with zero attached hydrogens (tertiary/aromatic N) is 1. The van der Waals surface area contributed by atoms with Crippen LogP contribution in [-0.4, -0.2) is 22.1 Å². The zero-order valence-electron chi connectivity index (χ0n) is 11.7. The summed E-state index contributed by atoms with van der Waals surface area (Å²) in [6.45, 7) is 9.55. The molecule has 0 saturated carbocycles. The number of nitrogens with one attached hydrogen (secondary N) is 2. The van der Waals surface area contributed by atoms with E-state index < -0.39 is 0 Å². The summed E-state index contributed by atoms with van der Waals surface area (Å²) in [6.07, 6.45) is 2.21. The normalized spacial score (nSPS) is 22.9. The van der Waals surface area contributed by atoms with E-state index >= 15 is 0 Å². The van der Waals surface area contributed by atoms with Crippen LogP contribution in [0.3, 0.4) is 0 Å². The predicted molar refractivity (Wildman–Crippen MR) is 77.9 cm³/mol. The first kappa shape index (κ1) is 13.8. The van der Waals surface area contributed by atoms with Crippen LogP contribution >= 0.6 is 11.3 Å². The van der Waals surface area contributed by atoms with Gasteiger partial charge in [-0.15, -0.1) is 11.3 Å². The summed E-state index contributed by atoms with van der Waals surface area (Å²) >= 11 is 1.65. The third-order valence-corrected chi connectivity index (χ3v) is 4.10. The van der Waals surface area contributed by atoms with Crippen molar-refractivity contribution in [3.05, 3.63) is 11.1 Å². The fourth-order valence-corrected chi connectivity index (χ4v) is 3.87. The molecule has 1 aliphatic rings. The smallest absolute Gasteiger partial charge is 0.183 e. The second kappa shape index (κ2) is 4.79. The van der Waals surface area contributed by atoms with Crippen LogP contribution in [0.5, 0.6) is 0 Å². The van der Waals surface area contributed by atoms with E-state index in [1.54, 1.807) is 11.3 Å². The molecule has 0 spiro atoms. The summed E-state index contributed by atoms with van der Waals surface area (Å²) in [5.41, 5.74) is 6.88. The summed E-state index contributed by atoms with van der Waals surface area (Å²) in [4.78, 5) is 4.48. The minimum Gasteiger partial charge on any atom is -0.359 e. The van der Waals surface area contributed by atoms with E-state index in [1.807, 2.05) is 5.38 Å². The Morgan fingerprint density at radius 1 is 1.39 bits per heavy atom. The maximum absolute atomic E-state index is 5.59. The van der Waals surface area contributed by atoms with E-state index in [2.05, 4.69) is 43.3 Å². The number of piperidine rings is 1. The first-order chi connectivity index (χ1) is 8.30. The Hall–Kier alpha value is -0.650. The van der Waals surface area contributed by atoms with E-state index in [0.29, 0.717) is 12.6 Å². The summed E-state index contributed by atoms with van der Waals surface area (Å²) < 4.78 is 0. The van der Waals surface area contributed by atoms with Crippen LogP contribution in [0.25, 0.3) is 0 Å². The molecule has 1 aliphatic heterocycles. The molecule has 0 radical (unpaired) electrons. The van der Waals surface area contributed by atoms with Crippen LogP contribution < -0.4 is 16.4 Å². The lowest BCUT2D eigenvalue weighted by Gasteiger charge is -2.46. The Kier molecular flexibility index (Phi) is 3.67. The van der Waals surface area contributed by atoms with Gasteiger partial charge in [0.2, 0.25) is 0 Å². The molecule has 1 fully saturated rings. The largest absolute Gasteiger partial charge is 0.359 e. The lowest BCUT2D eigenvalue weighted by Crippen LogP contribution is -2.60. The van der Waals surface area contributed by atoms with Gasteiger partial charge in [0.05, 0.1) is 5.69 Å². The SMILES string of the molecule is CC1(C)CC(Nc2nc(CN)cs2)CC(C)(C)N1. The molecule has 2 rings (SSSR count). The van der Waals surface area contributed by atoms with Crippen LogP contribution in [0.2, 0.25) is 0 Å². The molecule has 0 aliphatic carbocycles. The van der Waals surface area contributed by atoms with Crippen LogP contribution in [0.15, 0.2) is 5.38 Å². The molecule has 0 atom stereocenters. The van der Waals surface area contributed by atoms with Gasteiger partial charge in [-0.2, -0.15) is 0 Å². The highest BCUT2D eigenvalue weighted by Gasteiger charge is 2.37. The highest BCUT2D eigenvalue weighted by molar-refractivity contribution is 7.13. The molecule has 1 aromatic heterocycles. The first-order valence-corrected chi connectivity index (χ1v) is 7.38. The van der Waals surface area contributed by atoms with Crippen molar-refractivity contribution in [2.24, 2.45) is 5.73 Å². The van der Waals surface area contributed by atoms with E-state index in [0.717, 1.165) is 23.7 Å². The molecule has 18 heavy (non-hydrogen) atoms. The molecule has 0 unspecified atom stereocenters.